The standard InChI is InChI=1S/C18H21NO4/c1-11-5-2-3-6-12(11)10-23-18(22)14-9-13-15(19-17(14)21)7-4-8-16(13)20/h2-3,9,11-12,14H,4-8,10H2,1H3. The molecule has 0 N–H and O–H groups in total. The third-order valence-electron chi connectivity index (χ3n) is 4.88. The summed E-state index contributed by atoms with van der Waals surface area (Å²) in [7, 11) is 0. The number of nitrogens with zero attached hydrogens (tertiary/aromatic N) is 1. The van der Waals surface area contributed by atoms with Crippen LogP contribution in [0.15, 0.2) is 28.8 Å². The van der Waals surface area contributed by atoms with E-state index >= 15 is 0 Å². The van der Waals surface area contributed by atoms with Crippen molar-refractivity contribution in [3.05, 3.63) is 23.8 Å². The number of hydrogen-bond donors (Lipinski definition) is 0. The van der Waals surface area contributed by atoms with Crippen LogP contribution in [0.4, 0.5) is 0 Å². The van der Waals surface area contributed by atoms with Crippen LogP contribution in [0.25, 0.3) is 0 Å². The maximum absolute atomic E-state index is 12.3. The third-order valence-corrected chi connectivity index (χ3v) is 4.88. The number of aliphatic imine (C=N–C) groups is 1. The molecule has 3 aliphatic rings. The van der Waals surface area contributed by atoms with E-state index in [1.54, 1.807) is 0 Å². The molecule has 1 amide bonds. The lowest BCUT2D eigenvalue weighted by atomic mass is 9.85. The van der Waals surface area contributed by atoms with Crippen LogP contribution in [0.3, 0.4) is 0 Å². The first kappa shape index (κ1) is 15.8. The van der Waals surface area contributed by atoms with Gasteiger partial charge in [-0.1, -0.05) is 19.1 Å². The first-order valence-corrected chi connectivity index (χ1v) is 8.24. The number of carbonyl (C=O) groups is 3. The molecule has 0 saturated heterocycles. The van der Waals surface area contributed by atoms with Crippen LogP contribution >= 0.6 is 0 Å². The second-order valence-electron chi connectivity index (χ2n) is 6.54. The Morgan fingerprint density at radius 3 is 2.83 bits per heavy atom. The molecule has 122 valence electrons. The van der Waals surface area contributed by atoms with Crippen LogP contribution in [0.5, 0.6) is 0 Å². The van der Waals surface area contributed by atoms with Gasteiger partial charge in [0, 0.05) is 12.0 Å². The Morgan fingerprint density at radius 1 is 1.26 bits per heavy atom. The van der Waals surface area contributed by atoms with Crippen molar-refractivity contribution in [2.24, 2.45) is 22.7 Å². The maximum Gasteiger partial charge on any atom is 0.322 e. The highest BCUT2D eigenvalue weighted by atomic mass is 16.5. The molecule has 1 aliphatic heterocycles. The zero-order valence-electron chi connectivity index (χ0n) is 13.3. The lowest BCUT2D eigenvalue weighted by Gasteiger charge is -2.26. The zero-order valence-corrected chi connectivity index (χ0v) is 13.3. The highest BCUT2D eigenvalue weighted by Gasteiger charge is 2.35. The average Bonchev–Trinajstić information content (AvgIpc) is 2.53. The Bertz CT molecular complexity index is 629. The zero-order chi connectivity index (χ0) is 16.4. The largest absolute Gasteiger partial charge is 0.465 e. The Hall–Kier alpha value is -2.04. The molecule has 3 unspecified atom stereocenters. The SMILES string of the molecule is CC1CC=CCC1COC(=O)C1C=C2C(=O)CCCC2=NC1=O. The molecule has 5 nitrogen and oxygen atoms in total. The van der Waals surface area contributed by atoms with E-state index in [9.17, 15) is 14.4 Å². The summed E-state index contributed by atoms with van der Waals surface area (Å²) in [6, 6.07) is 0. The molecule has 1 fully saturated rings. The van der Waals surface area contributed by atoms with Gasteiger partial charge in [-0.2, -0.15) is 0 Å². The van der Waals surface area contributed by atoms with Crippen molar-refractivity contribution in [1.82, 2.24) is 0 Å². The summed E-state index contributed by atoms with van der Waals surface area (Å²) in [5.74, 6) is -1.47. The number of carbonyl (C=O) groups excluding carboxylic acids is 3. The fraction of sp³-hybridized carbons (Fsp3) is 0.556. The van der Waals surface area contributed by atoms with Gasteiger partial charge in [-0.3, -0.25) is 14.4 Å². The minimum Gasteiger partial charge on any atom is -0.465 e. The molecule has 0 aromatic carbocycles. The summed E-state index contributed by atoms with van der Waals surface area (Å²) in [5.41, 5.74) is 0.966. The normalized spacial score (nSPS) is 30.4. The second-order valence-corrected chi connectivity index (χ2v) is 6.54. The van der Waals surface area contributed by atoms with Gasteiger partial charge >= 0.3 is 5.97 Å². The van der Waals surface area contributed by atoms with E-state index in [2.05, 4.69) is 24.1 Å². The number of ketones is 1. The first-order chi connectivity index (χ1) is 11.1. The van der Waals surface area contributed by atoms with E-state index in [1.807, 2.05) is 0 Å². The quantitative estimate of drug-likeness (QED) is 0.455. The highest BCUT2D eigenvalue weighted by molar-refractivity contribution is 6.28. The van der Waals surface area contributed by atoms with E-state index in [-0.39, 0.29) is 11.7 Å². The fourth-order valence-electron chi connectivity index (χ4n) is 3.28. The lowest BCUT2D eigenvalue weighted by Crippen LogP contribution is -2.33. The maximum atomic E-state index is 12.3. The molecule has 1 heterocycles. The number of rotatable bonds is 3. The van der Waals surface area contributed by atoms with Gasteiger partial charge in [0.25, 0.3) is 5.91 Å². The van der Waals surface area contributed by atoms with Crippen molar-refractivity contribution >= 4 is 23.4 Å². The lowest BCUT2D eigenvalue weighted by molar-refractivity contribution is -0.151. The van der Waals surface area contributed by atoms with E-state index in [4.69, 9.17) is 4.74 Å². The fourth-order valence-corrected chi connectivity index (χ4v) is 3.28. The molecule has 3 atom stereocenters. The molecule has 0 aromatic rings. The summed E-state index contributed by atoms with van der Waals surface area (Å²) >= 11 is 0. The summed E-state index contributed by atoms with van der Waals surface area (Å²) in [5, 5.41) is 0. The average molecular weight is 315 g/mol. The summed E-state index contributed by atoms with van der Waals surface area (Å²) in [6.07, 6.45) is 9.35. The number of esters is 1. The number of hydrogen-bond acceptors (Lipinski definition) is 4. The van der Waals surface area contributed by atoms with Crippen molar-refractivity contribution in [2.45, 2.75) is 39.0 Å². The molecular weight excluding hydrogens is 294 g/mol. The van der Waals surface area contributed by atoms with Crippen molar-refractivity contribution in [3.63, 3.8) is 0 Å². The van der Waals surface area contributed by atoms with E-state index in [0.717, 1.165) is 12.8 Å². The Kier molecular flexibility index (Phi) is 4.55. The molecular formula is C18H21NO4. The predicted octanol–water partition coefficient (Wildman–Crippen LogP) is 2.41. The van der Waals surface area contributed by atoms with E-state index < -0.39 is 17.8 Å². The van der Waals surface area contributed by atoms with E-state index in [0.29, 0.717) is 43.1 Å². The first-order valence-electron chi connectivity index (χ1n) is 8.24. The molecule has 1 saturated carbocycles. The van der Waals surface area contributed by atoms with Gasteiger partial charge in [0.2, 0.25) is 0 Å². The molecule has 0 bridgehead atoms. The van der Waals surface area contributed by atoms with Gasteiger partial charge in [-0.05, 0) is 43.6 Å². The van der Waals surface area contributed by atoms with Crippen LogP contribution in [-0.2, 0) is 19.1 Å². The molecule has 2 aliphatic carbocycles. The number of dihydropyridines is 1. The van der Waals surface area contributed by atoms with Crippen LogP contribution in [0.1, 0.15) is 39.0 Å². The minimum atomic E-state index is -1.06. The highest BCUT2D eigenvalue weighted by Crippen LogP contribution is 2.27. The van der Waals surface area contributed by atoms with Gasteiger partial charge in [0.15, 0.2) is 11.7 Å². The van der Waals surface area contributed by atoms with Gasteiger partial charge in [0.1, 0.15) is 0 Å². The molecule has 5 heteroatoms. The third kappa shape index (κ3) is 3.33. The Labute approximate surface area is 135 Å². The number of ether oxygens (including phenoxy) is 1. The monoisotopic (exact) mass is 315 g/mol. The van der Waals surface area contributed by atoms with Crippen molar-refractivity contribution in [1.29, 1.82) is 0 Å². The van der Waals surface area contributed by atoms with E-state index in [1.165, 1.54) is 6.08 Å². The topological polar surface area (TPSA) is 72.8 Å². The summed E-state index contributed by atoms with van der Waals surface area (Å²) < 4.78 is 5.36. The Morgan fingerprint density at radius 2 is 2.04 bits per heavy atom. The summed E-state index contributed by atoms with van der Waals surface area (Å²) in [6.45, 7) is 2.44. The second kappa shape index (κ2) is 6.60. The predicted molar refractivity (Wildman–Crippen MR) is 84.9 cm³/mol. The summed E-state index contributed by atoms with van der Waals surface area (Å²) in [4.78, 5) is 40.2. The van der Waals surface area contributed by atoms with Crippen molar-refractivity contribution in [2.75, 3.05) is 6.61 Å². The molecule has 0 spiro atoms. The van der Waals surface area contributed by atoms with Crippen molar-refractivity contribution in [3.8, 4) is 0 Å². The van der Waals surface area contributed by atoms with Crippen LogP contribution < -0.4 is 0 Å². The molecule has 3 rings (SSSR count). The van der Waals surface area contributed by atoms with Crippen LogP contribution in [0.2, 0.25) is 0 Å². The van der Waals surface area contributed by atoms with Gasteiger partial charge in [-0.15, -0.1) is 0 Å². The van der Waals surface area contributed by atoms with Gasteiger partial charge in [0.05, 0.1) is 12.3 Å². The Balaban J connectivity index is 1.65. The number of allylic oxidation sites excluding steroid dienone is 3. The van der Waals surface area contributed by atoms with Gasteiger partial charge < -0.3 is 4.74 Å². The smallest absolute Gasteiger partial charge is 0.322 e. The van der Waals surface area contributed by atoms with Crippen LogP contribution in [0, 0.1) is 17.8 Å². The number of Topliss-reactive ketones (excluding diaryl/α,β-unsaturated/α-hetero) is 1. The molecule has 0 aromatic heterocycles. The van der Waals surface area contributed by atoms with Crippen LogP contribution in [-0.4, -0.2) is 30.0 Å². The number of amides is 1. The van der Waals surface area contributed by atoms with Gasteiger partial charge in [-0.25, -0.2) is 4.99 Å². The number of fused-ring (bicyclic) bond motifs is 1. The minimum absolute atomic E-state index is 0.0358. The molecule has 23 heavy (non-hydrogen) atoms. The molecule has 0 radical (unpaired) electrons. The van der Waals surface area contributed by atoms with Crippen molar-refractivity contribution < 1.29 is 19.1 Å².